The number of phenolic OH excluding ortho intramolecular Hbond substituents is 1. The third-order valence-corrected chi connectivity index (χ3v) is 6.28. The van der Waals surface area contributed by atoms with E-state index in [2.05, 4.69) is 15.2 Å². The van der Waals surface area contributed by atoms with E-state index in [0.29, 0.717) is 5.56 Å². The molecule has 4 N–H and O–H groups in total. The van der Waals surface area contributed by atoms with Crippen molar-refractivity contribution in [2.45, 2.75) is 11.8 Å². The van der Waals surface area contributed by atoms with Gasteiger partial charge >= 0.3 is 5.97 Å². The molecule has 0 aliphatic rings. The van der Waals surface area contributed by atoms with Crippen LogP contribution in [-0.2, 0) is 10.0 Å². The minimum absolute atomic E-state index is 0.0138. The standard InChI is InChI=1S/C22H19ClN4O8S/c1-2-35-20-10-13(9-16(23)21(20)28)12-24-25-18-8-7-14(11-19(18)27(31)32)36(33,34)26-17-6-4-3-5-15(17)22(29)30/h3-12,25-26,28H,2H2,1H3,(H,29,30)/b24-12-. The Kier molecular flexibility index (Phi) is 7.96. The molecule has 36 heavy (non-hydrogen) atoms. The van der Waals surface area contributed by atoms with Gasteiger partial charge in [0, 0.05) is 6.07 Å². The van der Waals surface area contributed by atoms with Gasteiger partial charge in [-0.2, -0.15) is 5.10 Å². The first-order valence-corrected chi connectivity index (χ1v) is 12.0. The first-order chi connectivity index (χ1) is 17.0. The van der Waals surface area contributed by atoms with E-state index in [1.165, 1.54) is 42.6 Å². The minimum Gasteiger partial charge on any atom is -0.503 e. The summed E-state index contributed by atoms with van der Waals surface area (Å²) in [5.41, 5.74) is 1.69. The Balaban J connectivity index is 1.87. The van der Waals surface area contributed by atoms with Crippen LogP contribution in [0.1, 0.15) is 22.8 Å². The lowest BCUT2D eigenvalue weighted by Gasteiger charge is -2.11. The molecule has 3 aromatic rings. The van der Waals surface area contributed by atoms with E-state index in [9.17, 15) is 33.5 Å². The number of para-hydroxylation sites is 1. The molecule has 0 saturated carbocycles. The maximum absolute atomic E-state index is 12.8. The Morgan fingerprint density at radius 2 is 1.92 bits per heavy atom. The van der Waals surface area contributed by atoms with Gasteiger partial charge in [-0.25, -0.2) is 13.2 Å². The molecule has 0 aliphatic carbocycles. The molecule has 0 atom stereocenters. The summed E-state index contributed by atoms with van der Waals surface area (Å²) in [7, 11) is -4.36. The summed E-state index contributed by atoms with van der Waals surface area (Å²) in [6, 6.07) is 11.2. The van der Waals surface area contributed by atoms with Crippen molar-refractivity contribution in [3.8, 4) is 11.5 Å². The van der Waals surface area contributed by atoms with Crippen molar-refractivity contribution >= 4 is 50.9 Å². The lowest BCUT2D eigenvalue weighted by Crippen LogP contribution is -2.16. The number of carboxylic acid groups (broad SMARTS) is 1. The average molecular weight is 535 g/mol. The van der Waals surface area contributed by atoms with Gasteiger partial charge in [0.15, 0.2) is 11.5 Å². The predicted molar refractivity (Wildman–Crippen MR) is 133 cm³/mol. The number of anilines is 2. The highest BCUT2D eigenvalue weighted by atomic mass is 35.5. The molecular weight excluding hydrogens is 516 g/mol. The fourth-order valence-electron chi connectivity index (χ4n) is 3.00. The molecule has 3 aromatic carbocycles. The number of aromatic hydroxyl groups is 1. The maximum atomic E-state index is 12.8. The van der Waals surface area contributed by atoms with Crippen LogP contribution < -0.4 is 14.9 Å². The van der Waals surface area contributed by atoms with Crippen LogP contribution >= 0.6 is 11.6 Å². The topological polar surface area (TPSA) is 180 Å². The number of hydrogen-bond acceptors (Lipinski definition) is 9. The first-order valence-electron chi connectivity index (χ1n) is 10.1. The number of hydrogen-bond donors (Lipinski definition) is 4. The summed E-state index contributed by atoms with van der Waals surface area (Å²) in [5, 5.41) is 34.7. The number of hydrazone groups is 1. The van der Waals surface area contributed by atoms with Gasteiger partial charge in [-0.15, -0.1) is 0 Å². The SMILES string of the molecule is CCOc1cc(/C=N\Nc2ccc(S(=O)(=O)Nc3ccccc3C(=O)O)cc2[N+](=O)[O-])cc(Cl)c1O. The van der Waals surface area contributed by atoms with Crippen LogP contribution in [0.3, 0.4) is 0 Å². The number of sulfonamides is 1. The molecule has 0 radical (unpaired) electrons. The number of phenols is 1. The van der Waals surface area contributed by atoms with Crippen molar-refractivity contribution in [3.63, 3.8) is 0 Å². The Morgan fingerprint density at radius 3 is 2.58 bits per heavy atom. The molecule has 0 heterocycles. The molecule has 3 rings (SSSR count). The quantitative estimate of drug-likeness (QED) is 0.167. The first kappa shape index (κ1) is 26.2. The second-order valence-electron chi connectivity index (χ2n) is 7.04. The number of nitro groups is 1. The van der Waals surface area contributed by atoms with Crippen molar-refractivity contribution < 1.29 is 33.1 Å². The fraction of sp³-hybridized carbons (Fsp3) is 0.0909. The fourth-order valence-corrected chi connectivity index (χ4v) is 4.32. The summed E-state index contributed by atoms with van der Waals surface area (Å²) in [6.07, 6.45) is 1.27. The molecule has 12 nitrogen and oxygen atoms in total. The van der Waals surface area contributed by atoms with Crippen molar-refractivity contribution in [2.75, 3.05) is 16.8 Å². The average Bonchev–Trinajstić information content (AvgIpc) is 2.82. The van der Waals surface area contributed by atoms with Crippen LogP contribution in [0.5, 0.6) is 11.5 Å². The molecule has 14 heteroatoms. The summed E-state index contributed by atoms with van der Waals surface area (Å²) < 4.78 is 33.0. The van der Waals surface area contributed by atoms with E-state index in [1.54, 1.807) is 6.92 Å². The van der Waals surface area contributed by atoms with Crippen molar-refractivity contribution in [1.82, 2.24) is 0 Å². The van der Waals surface area contributed by atoms with E-state index in [0.717, 1.165) is 18.2 Å². The van der Waals surface area contributed by atoms with Gasteiger partial charge in [0.2, 0.25) is 0 Å². The second kappa shape index (κ2) is 10.9. The number of halogens is 1. The Morgan fingerprint density at radius 1 is 1.19 bits per heavy atom. The molecule has 0 fully saturated rings. The maximum Gasteiger partial charge on any atom is 0.337 e. The zero-order valence-corrected chi connectivity index (χ0v) is 20.1. The van der Waals surface area contributed by atoms with Crippen LogP contribution in [0.15, 0.2) is 64.6 Å². The van der Waals surface area contributed by atoms with Gasteiger partial charge in [-0.3, -0.25) is 20.3 Å². The number of carboxylic acids is 1. The van der Waals surface area contributed by atoms with Gasteiger partial charge in [-0.05, 0) is 48.9 Å². The van der Waals surface area contributed by atoms with Crippen molar-refractivity contribution in [2.24, 2.45) is 5.10 Å². The summed E-state index contributed by atoms with van der Waals surface area (Å²) in [6.45, 7) is 2.00. The number of nitrogens with zero attached hydrogens (tertiary/aromatic N) is 2. The summed E-state index contributed by atoms with van der Waals surface area (Å²) >= 11 is 5.97. The van der Waals surface area contributed by atoms with E-state index in [1.807, 2.05) is 0 Å². The molecule has 0 saturated heterocycles. The lowest BCUT2D eigenvalue weighted by molar-refractivity contribution is -0.384. The monoisotopic (exact) mass is 534 g/mol. The lowest BCUT2D eigenvalue weighted by atomic mass is 10.2. The number of carbonyl (C=O) groups is 1. The largest absolute Gasteiger partial charge is 0.503 e. The molecule has 0 spiro atoms. The van der Waals surface area contributed by atoms with E-state index in [4.69, 9.17) is 16.3 Å². The highest BCUT2D eigenvalue weighted by Crippen LogP contribution is 2.35. The molecule has 0 aromatic heterocycles. The highest BCUT2D eigenvalue weighted by molar-refractivity contribution is 7.92. The summed E-state index contributed by atoms with van der Waals surface area (Å²) in [5.74, 6) is -1.46. The summed E-state index contributed by atoms with van der Waals surface area (Å²) in [4.78, 5) is 21.7. The number of rotatable bonds is 10. The van der Waals surface area contributed by atoms with Crippen LogP contribution in [0, 0.1) is 10.1 Å². The molecular formula is C22H19ClN4O8S. The molecule has 0 amide bonds. The molecule has 188 valence electrons. The van der Waals surface area contributed by atoms with Crippen LogP contribution in [-0.4, -0.2) is 42.3 Å². The number of aromatic carboxylic acids is 1. The number of ether oxygens (including phenoxy) is 1. The molecule has 0 bridgehead atoms. The van der Waals surface area contributed by atoms with Crippen molar-refractivity contribution in [1.29, 1.82) is 0 Å². The van der Waals surface area contributed by atoms with E-state index < -0.39 is 31.5 Å². The van der Waals surface area contributed by atoms with E-state index in [-0.39, 0.29) is 40.1 Å². The Hall–Kier alpha value is -4.36. The number of nitrogens with one attached hydrogen (secondary N) is 2. The highest BCUT2D eigenvalue weighted by Gasteiger charge is 2.23. The van der Waals surface area contributed by atoms with Gasteiger partial charge < -0.3 is 14.9 Å². The zero-order chi connectivity index (χ0) is 26.5. The van der Waals surface area contributed by atoms with Crippen LogP contribution in [0.2, 0.25) is 5.02 Å². The van der Waals surface area contributed by atoms with Crippen molar-refractivity contribution in [3.05, 3.63) is 80.9 Å². The van der Waals surface area contributed by atoms with Gasteiger partial charge in [0.1, 0.15) is 5.69 Å². The Bertz CT molecular complexity index is 1460. The van der Waals surface area contributed by atoms with E-state index >= 15 is 0 Å². The van der Waals surface area contributed by atoms with Gasteiger partial charge in [0.25, 0.3) is 15.7 Å². The smallest absolute Gasteiger partial charge is 0.337 e. The third-order valence-electron chi connectivity index (χ3n) is 4.63. The number of nitro benzene ring substituents is 1. The van der Waals surface area contributed by atoms with Gasteiger partial charge in [-0.1, -0.05) is 23.7 Å². The van der Waals surface area contributed by atoms with Gasteiger partial charge in [0.05, 0.1) is 38.9 Å². The van der Waals surface area contributed by atoms with Crippen LogP contribution in [0.4, 0.5) is 17.1 Å². The molecule has 0 aliphatic heterocycles. The number of benzene rings is 3. The normalized spacial score (nSPS) is 11.3. The minimum atomic E-state index is -4.36. The molecule has 0 unspecified atom stereocenters. The zero-order valence-electron chi connectivity index (χ0n) is 18.5. The third kappa shape index (κ3) is 6.00. The van der Waals surface area contributed by atoms with Crippen LogP contribution in [0.25, 0.3) is 0 Å². The Labute approximate surface area is 210 Å². The predicted octanol–water partition coefficient (Wildman–Crippen LogP) is 4.30. The second-order valence-corrected chi connectivity index (χ2v) is 9.13.